The molecule has 0 saturated heterocycles. The van der Waals surface area contributed by atoms with E-state index in [1.807, 2.05) is 13.2 Å². The third kappa shape index (κ3) is 6.82. The lowest BCUT2D eigenvalue weighted by Crippen LogP contribution is -2.81. The minimum absolute atomic E-state index is 0.178. The van der Waals surface area contributed by atoms with Gasteiger partial charge in [-0.15, -0.1) is 0 Å². The first kappa shape index (κ1) is 15.8. The predicted octanol–water partition coefficient (Wildman–Crippen LogP) is -1.48. The van der Waals surface area contributed by atoms with Crippen molar-refractivity contribution < 1.29 is 18.1 Å². The molecule has 0 spiro atoms. The third-order valence-corrected chi connectivity index (χ3v) is 3.08. The average molecular weight is 277 g/mol. The van der Waals surface area contributed by atoms with Crippen LogP contribution in [0.15, 0.2) is 29.2 Å². The van der Waals surface area contributed by atoms with Gasteiger partial charge in [0.15, 0.2) is 0 Å². The number of hydrogen-bond donors (Lipinski definition) is 3. The standard InChI is InChI=1S/C7H8O3S.C2H7N3S/c1-6-2-4-7(5-3-6)11(8,9)10;1-6-2(3)5-4/h2-5H,1H3,(H,8,9,10);4H2,1H3,(H2,3,5). The zero-order valence-corrected chi connectivity index (χ0v) is 11.1. The Bertz CT molecular complexity index is 469. The van der Waals surface area contributed by atoms with Crippen LogP contribution in [0.25, 0.3) is 0 Å². The number of nitrogens with one attached hydrogen (secondary N) is 1. The maximum absolute atomic E-state index is 10.4. The Morgan fingerprint density at radius 3 is 2.06 bits per heavy atom. The third-order valence-electron chi connectivity index (χ3n) is 1.67. The molecule has 0 saturated carbocycles. The Kier molecular flexibility index (Phi) is 6.62. The van der Waals surface area contributed by atoms with Gasteiger partial charge < -0.3 is 4.55 Å². The molecule has 1 rings (SSSR count). The summed E-state index contributed by atoms with van der Waals surface area (Å²) in [6.45, 7) is 1.82. The van der Waals surface area contributed by atoms with Gasteiger partial charge in [0.25, 0.3) is 0 Å². The topological polar surface area (TPSA) is 123 Å². The minimum atomic E-state index is -4.27. The van der Waals surface area contributed by atoms with Crippen LogP contribution in [0.2, 0.25) is 0 Å². The summed E-state index contributed by atoms with van der Waals surface area (Å²) in [6.07, 6.45) is 1.84. The van der Waals surface area contributed by atoms with Crippen LogP contribution < -0.4 is 16.7 Å². The second-order valence-electron chi connectivity index (χ2n) is 2.98. The van der Waals surface area contributed by atoms with Crippen LogP contribution in [0.3, 0.4) is 0 Å². The van der Waals surface area contributed by atoms with E-state index < -0.39 is 10.1 Å². The van der Waals surface area contributed by atoms with Crippen molar-refractivity contribution in [2.45, 2.75) is 11.8 Å². The van der Waals surface area contributed by atoms with Crippen molar-refractivity contribution in [3.8, 4) is 0 Å². The largest absolute Gasteiger partial charge is 0.744 e. The number of hydrogen-bond acceptors (Lipinski definition) is 5. The number of thioether (sulfide) groups is 1. The van der Waals surface area contributed by atoms with Crippen LogP contribution >= 0.6 is 11.8 Å². The Balaban J connectivity index is 0.000000366. The van der Waals surface area contributed by atoms with Gasteiger partial charge in [-0.1, -0.05) is 17.7 Å². The molecule has 5 N–H and O–H groups in total. The van der Waals surface area contributed by atoms with Crippen LogP contribution in [0.1, 0.15) is 5.56 Å². The molecule has 0 atom stereocenters. The molecule has 1 aromatic carbocycles. The quantitative estimate of drug-likeness (QED) is 0.189. The van der Waals surface area contributed by atoms with E-state index in [1.165, 1.54) is 23.9 Å². The molecule has 0 radical (unpaired) electrons. The van der Waals surface area contributed by atoms with Gasteiger partial charge in [0, 0.05) is 0 Å². The Morgan fingerprint density at radius 1 is 1.35 bits per heavy atom. The van der Waals surface area contributed by atoms with Gasteiger partial charge in [0.05, 0.1) is 4.90 Å². The molecule has 0 amide bonds. The van der Waals surface area contributed by atoms with Crippen molar-refractivity contribution in [1.29, 1.82) is 0 Å². The first-order chi connectivity index (χ1) is 7.81. The van der Waals surface area contributed by atoms with E-state index in [4.69, 9.17) is 11.6 Å². The van der Waals surface area contributed by atoms with Crippen LogP contribution in [-0.4, -0.2) is 24.4 Å². The van der Waals surface area contributed by atoms with Crippen molar-refractivity contribution in [1.82, 2.24) is 0 Å². The molecule has 0 aromatic heterocycles. The number of aryl methyl sites for hydroxylation is 1. The second kappa shape index (κ2) is 7.15. The number of nitrogens with two attached hydrogens (primary N) is 2. The normalized spacial score (nSPS) is 11.6. The SMILES string of the molecule is CSC(N)=[NH+]N.Cc1ccc(S(=O)(=O)[O-])cc1. The first-order valence-corrected chi connectivity index (χ1v) is 7.10. The van der Waals surface area contributed by atoms with E-state index in [2.05, 4.69) is 5.10 Å². The fraction of sp³-hybridized carbons (Fsp3) is 0.222. The molecule has 96 valence electrons. The Hall–Kier alpha value is -1.25. The molecule has 0 heterocycles. The van der Waals surface area contributed by atoms with E-state index in [9.17, 15) is 13.0 Å². The molecule has 17 heavy (non-hydrogen) atoms. The lowest BCUT2D eigenvalue weighted by molar-refractivity contribution is -0.467. The summed E-state index contributed by atoms with van der Waals surface area (Å²) in [4.78, 5) is -0.178. The van der Waals surface area contributed by atoms with Gasteiger partial charge in [0.2, 0.25) is 0 Å². The lowest BCUT2D eigenvalue weighted by Gasteiger charge is -2.05. The lowest BCUT2D eigenvalue weighted by atomic mass is 10.2. The van der Waals surface area contributed by atoms with Crippen molar-refractivity contribution >= 4 is 27.0 Å². The van der Waals surface area contributed by atoms with Crippen LogP contribution in [-0.2, 0) is 10.1 Å². The Morgan fingerprint density at radius 2 is 1.82 bits per heavy atom. The maximum atomic E-state index is 10.4. The van der Waals surface area contributed by atoms with Gasteiger partial charge >= 0.3 is 5.17 Å². The van der Waals surface area contributed by atoms with E-state index in [0.717, 1.165) is 5.56 Å². The highest BCUT2D eigenvalue weighted by Gasteiger charge is 1.97. The van der Waals surface area contributed by atoms with Crippen molar-refractivity contribution in [3.05, 3.63) is 29.8 Å². The van der Waals surface area contributed by atoms with Crippen LogP contribution in [0.4, 0.5) is 0 Å². The fourth-order valence-corrected chi connectivity index (χ4v) is 1.35. The monoisotopic (exact) mass is 277 g/mol. The van der Waals surface area contributed by atoms with Gasteiger partial charge in [-0.25, -0.2) is 8.42 Å². The summed E-state index contributed by atoms with van der Waals surface area (Å²) in [7, 11) is -4.27. The molecule has 8 heteroatoms. The number of benzene rings is 1. The highest BCUT2D eigenvalue weighted by molar-refractivity contribution is 8.12. The van der Waals surface area contributed by atoms with Crippen molar-refractivity contribution in [2.24, 2.45) is 11.6 Å². The number of amidine groups is 1. The summed E-state index contributed by atoms with van der Waals surface area (Å²) in [5, 5.41) is 2.81. The minimum Gasteiger partial charge on any atom is -0.744 e. The number of rotatable bonds is 1. The van der Waals surface area contributed by atoms with E-state index >= 15 is 0 Å². The molecule has 0 unspecified atom stereocenters. The summed E-state index contributed by atoms with van der Waals surface area (Å²) < 4.78 is 31.2. The highest BCUT2D eigenvalue weighted by atomic mass is 32.2. The Labute approximate surface area is 105 Å². The molecule has 0 aliphatic heterocycles. The van der Waals surface area contributed by atoms with Crippen molar-refractivity contribution in [3.63, 3.8) is 0 Å². The molecule has 0 aliphatic carbocycles. The highest BCUT2D eigenvalue weighted by Crippen LogP contribution is 2.08. The van der Waals surface area contributed by atoms with Gasteiger partial charge in [-0.3, -0.25) is 11.6 Å². The molecular formula is C9H15N3O3S2. The maximum Gasteiger partial charge on any atom is 0.324 e. The van der Waals surface area contributed by atoms with Crippen LogP contribution in [0, 0.1) is 6.92 Å². The molecule has 0 aliphatic rings. The number of hydrazone groups is 1. The number of hydrazine groups is 1. The van der Waals surface area contributed by atoms with Crippen LogP contribution in [0.5, 0.6) is 0 Å². The summed E-state index contributed by atoms with van der Waals surface area (Å²) >= 11 is 1.38. The zero-order chi connectivity index (χ0) is 13.5. The predicted molar refractivity (Wildman–Crippen MR) is 67.0 cm³/mol. The molecule has 0 bridgehead atoms. The average Bonchev–Trinajstić information content (AvgIpc) is 2.28. The van der Waals surface area contributed by atoms with Gasteiger partial charge in [-0.2, -0.15) is 5.10 Å². The first-order valence-electron chi connectivity index (χ1n) is 4.47. The fourth-order valence-electron chi connectivity index (χ4n) is 0.764. The molecule has 1 aromatic rings. The summed E-state index contributed by atoms with van der Waals surface area (Å²) in [5.74, 6) is 4.85. The molecule has 0 fully saturated rings. The van der Waals surface area contributed by atoms with Crippen molar-refractivity contribution in [2.75, 3.05) is 6.26 Å². The smallest absolute Gasteiger partial charge is 0.324 e. The second-order valence-corrected chi connectivity index (χ2v) is 5.21. The summed E-state index contributed by atoms with van der Waals surface area (Å²) in [5.41, 5.74) is 6.04. The van der Waals surface area contributed by atoms with E-state index in [-0.39, 0.29) is 4.90 Å². The molecule has 6 nitrogen and oxygen atoms in total. The van der Waals surface area contributed by atoms with Gasteiger partial charge in [-0.05, 0) is 37.1 Å². The van der Waals surface area contributed by atoms with E-state index in [1.54, 1.807) is 12.1 Å². The van der Waals surface area contributed by atoms with Gasteiger partial charge in [0.1, 0.15) is 10.1 Å². The zero-order valence-electron chi connectivity index (χ0n) is 9.51. The molecular weight excluding hydrogens is 262 g/mol. The van der Waals surface area contributed by atoms with E-state index in [0.29, 0.717) is 5.17 Å². The summed E-state index contributed by atoms with van der Waals surface area (Å²) in [6, 6.07) is 5.78.